The molecule has 3 aromatic carbocycles. The van der Waals surface area contributed by atoms with E-state index in [9.17, 15) is 13.2 Å². The Balaban J connectivity index is 1.27. The van der Waals surface area contributed by atoms with Crippen LogP contribution in [0.5, 0.6) is 11.5 Å². The lowest BCUT2D eigenvalue weighted by Crippen LogP contribution is -2.23. The fourth-order valence-electron chi connectivity index (χ4n) is 3.27. The van der Waals surface area contributed by atoms with Crippen LogP contribution in [0.15, 0.2) is 71.6 Å². The second-order valence-electron chi connectivity index (χ2n) is 7.58. The lowest BCUT2D eigenvalue weighted by atomic mass is 10.1. The van der Waals surface area contributed by atoms with Crippen molar-refractivity contribution in [2.24, 2.45) is 0 Å². The Bertz CT molecular complexity index is 1210. The fourth-order valence-corrected chi connectivity index (χ4v) is 4.33. The number of aryl methyl sites for hydroxylation is 2. The highest BCUT2D eigenvalue weighted by Gasteiger charge is 2.15. The van der Waals surface area contributed by atoms with Gasteiger partial charge in [-0.25, -0.2) is 8.42 Å². The number of carbonyl (C=O) groups excluding carboxylic acids is 1. The van der Waals surface area contributed by atoms with Gasteiger partial charge in [-0.15, -0.1) is 0 Å². The molecule has 0 spiro atoms. The minimum atomic E-state index is -3.67. The maximum Gasteiger partial charge on any atom is 0.261 e. The SMILES string of the molecule is Cc1ccc(NS(=O)(=O)c2ccc(CCC(=O)NCc3ccc4c(c3)OCO4)cc2)cc1. The number of ether oxygens (including phenoxy) is 2. The van der Waals surface area contributed by atoms with Crippen LogP contribution in [0.25, 0.3) is 0 Å². The summed E-state index contributed by atoms with van der Waals surface area (Å²) in [5.74, 6) is 1.31. The predicted molar refractivity (Wildman–Crippen MR) is 121 cm³/mol. The van der Waals surface area contributed by atoms with Crippen LogP contribution in [0.3, 0.4) is 0 Å². The van der Waals surface area contributed by atoms with Gasteiger partial charge in [-0.05, 0) is 60.9 Å². The number of nitrogens with one attached hydrogen (secondary N) is 2. The average Bonchev–Trinajstić information content (AvgIpc) is 3.26. The number of sulfonamides is 1. The molecule has 0 saturated heterocycles. The molecule has 0 aliphatic carbocycles. The molecule has 1 aliphatic heterocycles. The predicted octanol–water partition coefficient (Wildman–Crippen LogP) is 3.77. The first kappa shape index (κ1) is 21.7. The Hall–Kier alpha value is -3.52. The number of hydrogen-bond donors (Lipinski definition) is 2. The minimum Gasteiger partial charge on any atom is -0.454 e. The van der Waals surface area contributed by atoms with E-state index in [0.717, 1.165) is 16.7 Å². The van der Waals surface area contributed by atoms with E-state index in [1.54, 1.807) is 36.4 Å². The molecule has 0 bridgehead atoms. The van der Waals surface area contributed by atoms with Crippen LogP contribution in [0.4, 0.5) is 5.69 Å². The molecule has 0 fully saturated rings. The van der Waals surface area contributed by atoms with Gasteiger partial charge in [0.2, 0.25) is 12.7 Å². The summed E-state index contributed by atoms with van der Waals surface area (Å²) < 4.78 is 38.3. The molecule has 1 aliphatic rings. The molecule has 7 nitrogen and oxygen atoms in total. The number of benzene rings is 3. The molecular weight excluding hydrogens is 428 g/mol. The summed E-state index contributed by atoms with van der Waals surface area (Å²) in [6.07, 6.45) is 0.816. The maximum atomic E-state index is 12.6. The topological polar surface area (TPSA) is 93.7 Å². The normalized spacial score (nSPS) is 12.4. The number of carbonyl (C=O) groups is 1. The van der Waals surface area contributed by atoms with Crippen molar-refractivity contribution >= 4 is 21.6 Å². The van der Waals surface area contributed by atoms with E-state index in [1.165, 1.54) is 0 Å². The number of anilines is 1. The third-order valence-electron chi connectivity index (χ3n) is 5.10. The van der Waals surface area contributed by atoms with Gasteiger partial charge in [-0.3, -0.25) is 9.52 Å². The van der Waals surface area contributed by atoms with Crippen molar-refractivity contribution in [3.8, 4) is 11.5 Å². The van der Waals surface area contributed by atoms with Crippen molar-refractivity contribution in [1.29, 1.82) is 0 Å². The molecule has 166 valence electrons. The van der Waals surface area contributed by atoms with E-state index in [2.05, 4.69) is 10.0 Å². The molecule has 1 heterocycles. The molecule has 8 heteroatoms. The van der Waals surface area contributed by atoms with Gasteiger partial charge in [0.1, 0.15) is 0 Å². The smallest absolute Gasteiger partial charge is 0.261 e. The van der Waals surface area contributed by atoms with Crippen LogP contribution < -0.4 is 19.5 Å². The first-order chi connectivity index (χ1) is 15.4. The Morgan fingerprint density at radius 1 is 0.906 bits per heavy atom. The van der Waals surface area contributed by atoms with Gasteiger partial charge >= 0.3 is 0 Å². The van der Waals surface area contributed by atoms with Crippen LogP contribution in [-0.4, -0.2) is 21.1 Å². The van der Waals surface area contributed by atoms with E-state index in [-0.39, 0.29) is 17.6 Å². The average molecular weight is 453 g/mol. The summed E-state index contributed by atoms with van der Waals surface area (Å²) in [6, 6.07) is 19.3. The van der Waals surface area contributed by atoms with Crippen molar-refractivity contribution in [3.05, 3.63) is 83.4 Å². The summed E-state index contributed by atoms with van der Waals surface area (Å²) in [5, 5.41) is 2.89. The lowest BCUT2D eigenvalue weighted by Gasteiger charge is -2.09. The summed E-state index contributed by atoms with van der Waals surface area (Å²) in [4.78, 5) is 12.4. The van der Waals surface area contributed by atoms with Crippen LogP contribution in [0.1, 0.15) is 23.1 Å². The summed E-state index contributed by atoms with van der Waals surface area (Å²) in [5.41, 5.74) is 3.38. The van der Waals surface area contributed by atoms with E-state index in [1.807, 2.05) is 37.3 Å². The monoisotopic (exact) mass is 452 g/mol. The van der Waals surface area contributed by atoms with E-state index >= 15 is 0 Å². The number of fused-ring (bicyclic) bond motifs is 1. The molecule has 1 amide bonds. The largest absolute Gasteiger partial charge is 0.454 e. The van der Waals surface area contributed by atoms with Crippen molar-refractivity contribution in [1.82, 2.24) is 5.32 Å². The number of amides is 1. The second kappa shape index (κ2) is 9.32. The van der Waals surface area contributed by atoms with E-state index in [0.29, 0.717) is 36.6 Å². The molecule has 0 aromatic heterocycles. The zero-order valence-electron chi connectivity index (χ0n) is 17.6. The molecule has 3 aromatic rings. The van der Waals surface area contributed by atoms with E-state index < -0.39 is 10.0 Å². The first-order valence-corrected chi connectivity index (χ1v) is 11.7. The maximum absolute atomic E-state index is 12.6. The Kier molecular flexibility index (Phi) is 6.32. The molecule has 0 atom stereocenters. The molecule has 0 radical (unpaired) electrons. The fraction of sp³-hybridized carbons (Fsp3) is 0.208. The standard InChI is InChI=1S/C24H24N2O5S/c1-17-2-8-20(9-3-17)26-32(28,29)21-10-4-18(5-11-21)7-13-24(27)25-15-19-6-12-22-23(14-19)31-16-30-22/h2-6,8-12,14,26H,7,13,15-16H2,1H3,(H,25,27). The van der Waals surface area contributed by atoms with Gasteiger partial charge in [0.25, 0.3) is 10.0 Å². The third kappa shape index (κ3) is 5.39. The quantitative estimate of drug-likeness (QED) is 0.543. The van der Waals surface area contributed by atoms with Crippen molar-refractivity contribution < 1.29 is 22.7 Å². The minimum absolute atomic E-state index is 0.0830. The van der Waals surface area contributed by atoms with Crippen molar-refractivity contribution in [2.45, 2.75) is 31.2 Å². The number of hydrogen-bond acceptors (Lipinski definition) is 5. The van der Waals surface area contributed by atoms with Gasteiger partial charge < -0.3 is 14.8 Å². The highest BCUT2D eigenvalue weighted by Crippen LogP contribution is 2.32. The Morgan fingerprint density at radius 2 is 1.59 bits per heavy atom. The van der Waals surface area contributed by atoms with Gasteiger partial charge in [-0.1, -0.05) is 35.9 Å². The number of rotatable bonds is 8. The zero-order chi connectivity index (χ0) is 22.6. The summed E-state index contributed by atoms with van der Waals surface area (Å²) in [7, 11) is -3.67. The van der Waals surface area contributed by atoms with E-state index in [4.69, 9.17) is 9.47 Å². The van der Waals surface area contributed by atoms with Crippen LogP contribution in [0.2, 0.25) is 0 Å². The lowest BCUT2D eigenvalue weighted by molar-refractivity contribution is -0.121. The second-order valence-corrected chi connectivity index (χ2v) is 9.26. The molecular formula is C24H24N2O5S. The first-order valence-electron chi connectivity index (χ1n) is 10.2. The van der Waals surface area contributed by atoms with Gasteiger partial charge in [-0.2, -0.15) is 0 Å². The van der Waals surface area contributed by atoms with Crippen molar-refractivity contribution in [3.63, 3.8) is 0 Å². The van der Waals surface area contributed by atoms with Gasteiger partial charge in [0.05, 0.1) is 4.90 Å². The van der Waals surface area contributed by atoms with Crippen LogP contribution >= 0.6 is 0 Å². The molecule has 4 rings (SSSR count). The van der Waals surface area contributed by atoms with Crippen molar-refractivity contribution in [2.75, 3.05) is 11.5 Å². The highest BCUT2D eigenvalue weighted by molar-refractivity contribution is 7.92. The Morgan fingerprint density at radius 3 is 2.34 bits per heavy atom. The molecule has 0 saturated carbocycles. The summed E-state index contributed by atoms with van der Waals surface area (Å²) >= 11 is 0. The van der Waals surface area contributed by atoms with Gasteiger partial charge in [0, 0.05) is 18.7 Å². The zero-order valence-corrected chi connectivity index (χ0v) is 18.4. The van der Waals surface area contributed by atoms with Crippen LogP contribution in [0, 0.1) is 6.92 Å². The molecule has 0 unspecified atom stereocenters. The highest BCUT2D eigenvalue weighted by atomic mass is 32.2. The van der Waals surface area contributed by atoms with Crippen LogP contribution in [-0.2, 0) is 27.8 Å². The molecule has 2 N–H and O–H groups in total. The Labute approximate surface area is 187 Å². The van der Waals surface area contributed by atoms with Gasteiger partial charge in [0.15, 0.2) is 11.5 Å². The summed E-state index contributed by atoms with van der Waals surface area (Å²) in [6.45, 7) is 2.55. The molecule has 32 heavy (non-hydrogen) atoms. The third-order valence-corrected chi connectivity index (χ3v) is 6.50.